The molecular weight excluding hydrogens is 280 g/mol. The van der Waals surface area contributed by atoms with Crippen LogP contribution in [0.1, 0.15) is 16.1 Å². The van der Waals surface area contributed by atoms with E-state index < -0.39 is 17.5 Å². The van der Waals surface area contributed by atoms with Crippen LogP contribution in [0, 0.1) is 11.6 Å². The first kappa shape index (κ1) is 14.8. The molecule has 21 heavy (non-hydrogen) atoms. The molecule has 1 aromatic heterocycles. The summed E-state index contributed by atoms with van der Waals surface area (Å²) in [4.78, 5) is 19.5. The third-order valence-corrected chi connectivity index (χ3v) is 2.64. The summed E-state index contributed by atoms with van der Waals surface area (Å²) in [5, 5.41) is 2.58. The summed E-state index contributed by atoms with van der Waals surface area (Å²) in [6, 6.07) is 3.23. The van der Waals surface area contributed by atoms with Gasteiger partial charge in [0, 0.05) is 12.6 Å². The van der Waals surface area contributed by atoms with Crippen molar-refractivity contribution in [1.29, 1.82) is 0 Å². The van der Waals surface area contributed by atoms with Crippen molar-refractivity contribution < 1.29 is 13.6 Å². The zero-order valence-corrected chi connectivity index (χ0v) is 10.9. The molecule has 1 aromatic carbocycles. The quantitative estimate of drug-likeness (QED) is 0.565. The highest BCUT2D eigenvalue weighted by Crippen LogP contribution is 2.08. The average Bonchev–Trinajstić information content (AvgIpc) is 2.46. The molecule has 110 valence electrons. The van der Waals surface area contributed by atoms with Gasteiger partial charge in [0.25, 0.3) is 5.91 Å². The first-order valence-corrected chi connectivity index (χ1v) is 6.10. The smallest absolute Gasteiger partial charge is 0.271 e. The summed E-state index contributed by atoms with van der Waals surface area (Å²) in [7, 11) is 0. The first-order valence-electron chi connectivity index (χ1n) is 6.10. The average molecular weight is 293 g/mol. The number of nitrogen functional groups attached to an aromatic ring is 1. The van der Waals surface area contributed by atoms with Crippen LogP contribution < -0.4 is 16.6 Å². The lowest BCUT2D eigenvalue weighted by atomic mass is 10.1. The summed E-state index contributed by atoms with van der Waals surface area (Å²) in [6.45, 7) is 0.212. The molecule has 0 bridgehead atoms. The molecule has 1 amide bonds. The van der Waals surface area contributed by atoms with Crippen molar-refractivity contribution in [3.8, 4) is 0 Å². The third kappa shape index (κ3) is 4.18. The number of amides is 1. The van der Waals surface area contributed by atoms with Gasteiger partial charge in [0.1, 0.15) is 17.3 Å². The van der Waals surface area contributed by atoms with E-state index in [9.17, 15) is 13.6 Å². The SMILES string of the molecule is NNc1cncc(C(=O)NCCc2cc(F)cc(F)c2)n1. The fraction of sp³-hybridized carbons (Fsp3) is 0.154. The number of benzene rings is 1. The number of nitrogens with one attached hydrogen (secondary N) is 2. The van der Waals surface area contributed by atoms with E-state index in [0.29, 0.717) is 12.0 Å². The first-order chi connectivity index (χ1) is 10.1. The molecule has 0 aliphatic carbocycles. The van der Waals surface area contributed by atoms with Gasteiger partial charge in [0.05, 0.1) is 12.4 Å². The van der Waals surface area contributed by atoms with E-state index in [2.05, 4.69) is 20.7 Å². The number of hydrazine groups is 1. The van der Waals surface area contributed by atoms with Gasteiger partial charge in [0.2, 0.25) is 0 Å². The normalized spacial score (nSPS) is 10.2. The molecule has 0 fully saturated rings. The van der Waals surface area contributed by atoms with Gasteiger partial charge in [-0.05, 0) is 24.1 Å². The number of carbonyl (C=O) groups is 1. The molecule has 6 nitrogen and oxygen atoms in total. The van der Waals surface area contributed by atoms with E-state index in [1.54, 1.807) is 0 Å². The molecule has 0 saturated heterocycles. The zero-order chi connectivity index (χ0) is 15.2. The number of halogens is 2. The molecule has 2 aromatic rings. The van der Waals surface area contributed by atoms with Crippen molar-refractivity contribution in [2.75, 3.05) is 12.0 Å². The molecule has 0 saturated carbocycles. The van der Waals surface area contributed by atoms with Crippen LogP contribution in [-0.4, -0.2) is 22.4 Å². The lowest BCUT2D eigenvalue weighted by molar-refractivity contribution is 0.0949. The molecule has 2 rings (SSSR count). The standard InChI is InChI=1S/C13H13F2N5O/c14-9-3-8(4-10(15)5-9)1-2-18-13(21)11-6-17-7-12(19-11)20-16/h3-7H,1-2,16H2,(H,18,21)(H,19,20). The second-order valence-corrected chi connectivity index (χ2v) is 4.22. The van der Waals surface area contributed by atoms with Crippen LogP contribution in [0.25, 0.3) is 0 Å². The highest BCUT2D eigenvalue weighted by Gasteiger charge is 2.08. The molecule has 0 unspecified atom stereocenters. The van der Waals surface area contributed by atoms with E-state index >= 15 is 0 Å². The molecule has 0 radical (unpaired) electrons. The maximum absolute atomic E-state index is 13.0. The molecular formula is C13H13F2N5O. The van der Waals surface area contributed by atoms with Crippen LogP contribution in [0.3, 0.4) is 0 Å². The molecule has 0 aliphatic heterocycles. The van der Waals surface area contributed by atoms with Crippen LogP contribution in [0.4, 0.5) is 14.6 Å². The summed E-state index contributed by atoms with van der Waals surface area (Å²) in [5.74, 6) is 3.68. The number of hydrogen-bond acceptors (Lipinski definition) is 5. The Morgan fingerprint density at radius 2 is 1.90 bits per heavy atom. The van der Waals surface area contributed by atoms with Crippen molar-refractivity contribution >= 4 is 11.7 Å². The Hall–Kier alpha value is -2.61. The minimum absolute atomic E-state index is 0.0934. The van der Waals surface area contributed by atoms with Crippen molar-refractivity contribution in [3.05, 3.63) is 53.5 Å². The van der Waals surface area contributed by atoms with Crippen molar-refractivity contribution in [2.24, 2.45) is 5.84 Å². The lowest BCUT2D eigenvalue weighted by Crippen LogP contribution is -2.27. The Morgan fingerprint density at radius 3 is 2.57 bits per heavy atom. The second kappa shape index (κ2) is 6.71. The lowest BCUT2D eigenvalue weighted by Gasteiger charge is -2.06. The van der Waals surface area contributed by atoms with E-state index in [-0.39, 0.29) is 18.1 Å². The zero-order valence-electron chi connectivity index (χ0n) is 10.9. The van der Waals surface area contributed by atoms with Gasteiger partial charge in [-0.2, -0.15) is 0 Å². The van der Waals surface area contributed by atoms with E-state index in [1.165, 1.54) is 24.5 Å². The summed E-state index contributed by atoms with van der Waals surface area (Å²) < 4.78 is 26.0. The Bertz CT molecular complexity index is 630. The van der Waals surface area contributed by atoms with Gasteiger partial charge in [0.15, 0.2) is 5.82 Å². The fourth-order valence-corrected chi connectivity index (χ4v) is 1.71. The summed E-state index contributed by atoms with van der Waals surface area (Å²) >= 11 is 0. The maximum atomic E-state index is 13.0. The minimum Gasteiger partial charge on any atom is -0.350 e. The Morgan fingerprint density at radius 1 is 1.19 bits per heavy atom. The fourth-order valence-electron chi connectivity index (χ4n) is 1.71. The third-order valence-electron chi connectivity index (χ3n) is 2.64. The van der Waals surface area contributed by atoms with Gasteiger partial charge in [-0.25, -0.2) is 19.6 Å². The van der Waals surface area contributed by atoms with Gasteiger partial charge in [-0.15, -0.1) is 0 Å². The number of carbonyl (C=O) groups excluding carboxylic acids is 1. The Labute approximate surface area is 119 Å². The van der Waals surface area contributed by atoms with Crippen LogP contribution in [0.15, 0.2) is 30.6 Å². The summed E-state index contributed by atoms with van der Waals surface area (Å²) in [6.07, 6.45) is 2.95. The number of aromatic nitrogens is 2. The van der Waals surface area contributed by atoms with Gasteiger partial charge < -0.3 is 10.7 Å². The maximum Gasteiger partial charge on any atom is 0.271 e. The predicted molar refractivity (Wildman–Crippen MR) is 72.2 cm³/mol. The van der Waals surface area contributed by atoms with Crippen LogP contribution in [-0.2, 0) is 6.42 Å². The van der Waals surface area contributed by atoms with E-state index in [4.69, 9.17) is 5.84 Å². The Kier molecular flexibility index (Phi) is 4.72. The molecule has 8 heteroatoms. The minimum atomic E-state index is -0.649. The van der Waals surface area contributed by atoms with Gasteiger partial charge in [-0.3, -0.25) is 9.78 Å². The van der Waals surface area contributed by atoms with Gasteiger partial charge >= 0.3 is 0 Å². The van der Waals surface area contributed by atoms with Gasteiger partial charge in [-0.1, -0.05) is 0 Å². The molecule has 0 aliphatic rings. The van der Waals surface area contributed by atoms with Crippen LogP contribution in [0.5, 0.6) is 0 Å². The predicted octanol–water partition coefficient (Wildman–Crippen LogP) is 1.01. The highest BCUT2D eigenvalue weighted by atomic mass is 19.1. The molecule has 4 N–H and O–H groups in total. The highest BCUT2D eigenvalue weighted by molar-refractivity contribution is 5.92. The Balaban J connectivity index is 1.92. The number of nitrogens with zero attached hydrogens (tertiary/aromatic N) is 2. The molecule has 1 heterocycles. The van der Waals surface area contributed by atoms with E-state index in [1.807, 2.05) is 0 Å². The monoisotopic (exact) mass is 293 g/mol. The largest absolute Gasteiger partial charge is 0.350 e. The van der Waals surface area contributed by atoms with Crippen molar-refractivity contribution in [1.82, 2.24) is 15.3 Å². The topological polar surface area (TPSA) is 92.9 Å². The molecule has 0 spiro atoms. The van der Waals surface area contributed by atoms with Crippen LogP contribution >= 0.6 is 0 Å². The number of nitrogens with two attached hydrogens (primary N) is 1. The second-order valence-electron chi connectivity index (χ2n) is 4.22. The van der Waals surface area contributed by atoms with Crippen LogP contribution in [0.2, 0.25) is 0 Å². The number of hydrogen-bond donors (Lipinski definition) is 3. The van der Waals surface area contributed by atoms with Crippen molar-refractivity contribution in [2.45, 2.75) is 6.42 Å². The van der Waals surface area contributed by atoms with E-state index in [0.717, 1.165) is 6.07 Å². The number of rotatable bonds is 5. The number of anilines is 1. The molecule has 0 atom stereocenters. The summed E-state index contributed by atoms with van der Waals surface area (Å²) in [5.41, 5.74) is 2.83. The van der Waals surface area contributed by atoms with Crippen molar-refractivity contribution in [3.63, 3.8) is 0 Å².